The van der Waals surface area contributed by atoms with Gasteiger partial charge >= 0.3 is 5.97 Å². The zero-order valence-electron chi connectivity index (χ0n) is 12.7. The van der Waals surface area contributed by atoms with Crippen molar-refractivity contribution in [2.45, 2.75) is 12.6 Å². The van der Waals surface area contributed by atoms with E-state index in [4.69, 9.17) is 20.0 Å². The van der Waals surface area contributed by atoms with Crippen LogP contribution < -0.4 is 5.73 Å². The third-order valence-electron chi connectivity index (χ3n) is 4.11. The Bertz CT molecular complexity index is 589. The maximum absolute atomic E-state index is 12.7. The third kappa shape index (κ3) is 3.52. The number of hydrogen-bond acceptors (Lipinski definition) is 7. The van der Waals surface area contributed by atoms with Crippen molar-refractivity contribution >= 4 is 11.9 Å². The Balaban J connectivity index is 1.79. The molecule has 2 aliphatic rings. The van der Waals surface area contributed by atoms with Crippen LogP contribution in [-0.4, -0.2) is 77.2 Å². The van der Waals surface area contributed by atoms with Gasteiger partial charge in [0.15, 0.2) is 5.69 Å². The van der Waals surface area contributed by atoms with E-state index in [1.807, 2.05) is 4.90 Å². The second-order valence-corrected chi connectivity index (χ2v) is 5.93. The fraction of sp³-hybridized carbons (Fsp3) is 0.643. The maximum atomic E-state index is 12.7. The largest absolute Gasteiger partial charge is 0.480 e. The zero-order valence-corrected chi connectivity index (χ0v) is 12.7. The quantitative estimate of drug-likeness (QED) is 0.722. The van der Waals surface area contributed by atoms with Gasteiger partial charge in [-0.05, 0) is 0 Å². The Hall–Kier alpha value is -1.97. The molecule has 2 bridgehead atoms. The molecule has 2 saturated heterocycles. The van der Waals surface area contributed by atoms with Crippen molar-refractivity contribution in [3.05, 3.63) is 17.8 Å². The summed E-state index contributed by atoms with van der Waals surface area (Å²) in [5.41, 5.74) is 5.68. The number of rotatable bonds is 4. The number of ether oxygens (including phenoxy) is 1. The first kappa shape index (κ1) is 15.9. The van der Waals surface area contributed by atoms with E-state index in [-0.39, 0.29) is 36.7 Å². The molecule has 23 heavy (non-hydrogen) atoms. The van der Waals surface area contributed by atoms with Gasteiger partial charge in [0.1, 0.15) is 6.26 Å². The summed E-state index contributed by atoms with van der Waals surface area (Å²) in [5, 5.41) is 9.02. The monoisotopic (exact) mass is 324 g/mol. The Morgan fingerprint density at radius 2 is 2.17 bits per heavy atom. The maximum Gasteiger partial charge on any atom is 0.317 e. The first-order valence-corrected chi connectivity index (χ1v) is 7.54. The minimum atomic E-state index is -0.868. The first-order chi connectivity index (χ1) is 11.1. The molecule has 0 spiro atoms. The van der Waals surface area contributed by atoms with Crippen molar-refractivity contribution in [1.82, 2.24) is 14.8 Å². The van der Waals surface area contributed by atoms with E-state index in [1.54, 1.807) is 4.90 Å². The van der Waals surface area contributed by atoms with Crippen LogP contribution in [0.25, 0.3) is 0 Å². The molecule has 0 saturated carbocycles. The summed E-state index contributed by atoms with van der Waals surface area (Å²) in [6.45, 7) is 2.59. The summed E-state index contributed by atoms with van der Waals surface area (Å²) in [7, 11) is 0. The van der Waals surface area contributed by atoms with Crippen molar-refractivity contribution in [3.63, 3.8) is 0 Å². The molecule has 9 heteroatoms. The fourth-order valence-corrected chi connectivity index (χ4v) is 3.16. The van der Waals surface area contributed by atoms with Crippen LogP contribution in [0.5, 0.6) is 0 Å². The Morgan fingerprint density at radius 3 is 2.87 bits per heavy atom. The summed E-state index contributed by atoms with van der Waals surface area (Å²) >= 11 is 0. The number of amides is 1. The molecule has 126 valence electrons. The lowest BCUT2D eigenvalue weighted by Crippen LogP contribution is -2.47. The van der Waals surface area contributed by atoms with Gasteiger partial charge < -0.3 is 24.9 Å². The standard InChI is InChI=1S/C14H20N4O5/c15-1-12-16-11(8-23-12)14(21)18-3-9-2-17(5-13(19)20)4-10(18)7-22-6-9/h8-10H,1-7,15H2,(H,19,20)/t9-,10-/m0/s1. The molecule has 2 aliphatic heterocycles. The van der Waals surface area contributed by atoms with Crippen molar-refractivity contribution in [3.8, 4) is 0 Å². The number of nitrogens with two attached hydrogens (primary N) is 1. The number of fused-ring (bicyclic) bond motifs is 3. The van der Waals surface area contributed by atoms with Gasteiger partial charge in [-0.2, -0.15) is 0 Å². The van der Waals surface area contributed by atoms with E-state index < -0.39 is 5.97 Å². The second-order valence-electron chi connectivity index (χ2n) is 5.93. The van der Waals surface area contributed by atoms with Crippen molar-refractivity contribution in [2.24, 2.45) is 11.7 Å². The van der Waals surface area contributed by atoms with Crippen LogP contribution >= 0.6 is 0 Å². The van der Waals surface area contributed by atoms with Crippen molar-refractivity contribution in [2.75, 3.05) is 39.4 Å². The van der Waals surface area contributed by atoms with Crippen LogP contribution in [-0.2, 0) is 16.1 Å². The Morgan fingerprint density at radius 1 is 1.35 bits per heavy atom. The van der Waals surface area contributed by atoms with Gasteiger partial charge in [-0.15, -0.1) is 0 Å². The molecule has 3 N–H and O–H groups in total. The van der Waals surface area contributed by atoms with Gasteiger partial charge in [-0.25, -0.2) is 4.98 Å². The van der Waals surface area contributed by atoms with E-state index in [2.05, 4.69) is 4.98 Å². The van der Waals surface area contributed by atoms with Gasteiger partial charge in [0.05, 0.1) is 32.3 Å². The topological polar surface area (TPSA) is 122 Å². The normalized spacial score (nSPS) is 25.2. The summed E-state index contributed by atoms with van der Waals surface area (Å²) < 4.78 is 10.8. The Kier molecular flexibility index (Phi) is 4.60. The van der Waals surface area contributed by atoms with Gasteiger partial charge in [-0.3, -0.25) is 14.5 Å². The first-order valence-electron chi connectivity index (χ1n) is 7.54. The minimum absolute atomic E-state index is 0.0314. The fourth-order valence-electron chi connectivity index (χ4n) is 3.16. The molecule has 0 unspecified atom stereocenters. The highest BCUT2D eigenvalue weighted by atomic mass is 16.5. The van der Waals surface area contributed by atoms with Gasteiger partial charge in [0.25, 0.3) is 5.91 Å². The van der Waals surface area contributed by atoms with E-state index >= 15 is 0 Å². The average Bonchev–Trinajstić information content (AvgIpc) is 2.80. The molecule has 3 heterocycles. The van der Waals surface area contributed by atoms with Crippen molar-refractivity contribution in [1.29, 1.82) is 0 Å². The highest BCUT2D eigenvalue weighted by Gasteiger charge is 2.37. The number of carboxylic acid groups (broad SMARTS) is 1. The van der Waals surface area contributed by atoms with E-state index in [0.29, 0.717) is 38.7 Å². The Labute approximate surface area is 133 Å². The minimum Gasteiger partial charge on any atom is -0.480 e. The predicted octanol–water partition coefficient (Wildman–Crippen LogP) is -1.01. The molecule has 0 aromatic carbocycles. The molecule has 3 rings (SSSR count). The van der Waals surface area contributed by atoms with Crippen LogP contribution in [0, 0.1) is 5.92 Å². The van der Waals surface area contributed by atoms with Crippen LogP contribution in [0.4, 0.5) is 0 Å². The van der Waals surface area contributed by atoms with Crippen molar-refractivity contribution < 1.29 is 23.8 Å². The number of nitrogens with zero attached hydrogens (tertiary/aromatic N) is 3. The average molecular weight is 324 g/mol. The molecular weight excluding hydrogens is 304 g/mol. The molecule has 1 aromatic heterocycles. The predicted molar refractivity (Wildman–Crippen MR) is 77.6 cm³/mol. The number of aliphatic carboxylic acids is 1. The van der Waals surface area contributed by atoms with Gasteiger partial charge in [0, 0.05) is 25.6 Å². The number of aromatic nitrogens is 1. The SMILES string of the molecule is NCc1nc(C(=O)N2C[C@H]3COC[C@@H]2CN(CC(=O)O)C3)co1. The highest BCUT2D eigenvalue weighted by Crippen LogP contribution is 2.21. The number of carbonyl (C=O) groups excluding carboxylic acids is 1. The molecule has 0 radical (unpaired) electrons. The molecule has 1 aromatic rings. The smallest absolute Gasteiger partial charge is 0.317 e. The molecule has 0 aliphatic carbocycles. The second kappa shape index (κ2) is 6.65. The molecule has 9 nitrogen and oxygen atoms in total. The molecular formula is C14H20N4O5. The lowest BCUT2D eigenvalue weighted by atomic mass is 10.1. The summed E-state index contributed by atoms with van der Waals surface area (Å²) in [4.78, 5) is 31.4. The van der Waals surface area contributed by atoms with Gasteiger partial charge in [0.2, 0.25) is 5.89 Å². The molecule has 2 atom stereocenters. The number of hydrogen-bond donors (Lipinski definition) is 2. The molecule has 2 fully saturated rings. The summed E-state index contributed by atoms with van der Waals surface area (Å²) in [6.07, 6.45) is 1.31. The van der Waals surface area contributed by atoms with E-state index in [9.17, 15) is 9.59 Å². The zero-order chi connectivity index (χ0) is 16.4. The van der Waals surface area contributed by atoms with E-state index in [0.717, 1.165) is 0 Å². The lowest BCUT2D eigenvalue weighted by Gasteiger charge is -2.30. The lowest BCUT2D eigenvalue weighted by molar-refractivity contribution is -0.138. The summed E-state index contributed by atoms with van der Waals surface area (Å²) in [5.74, 6) is -0.708. The van der Waals surface area contributed by atoms with Crippen LogP contribution in [0.15, 0.2) is 10.7 Å². The van der Waals surface area contributed by atoms with E-state index in [1.165, 1.54) is 6.26 Å². The van der Waals surface area contributed by atoms with Crippen LogP contribution in [0.1, 0.15) is 16.4 Å². The summed E-state index contributed by atoms with van der Waals surface area (Å²) in [6, 6.07) is -0.202. The third-order valence-corrected chi connectivity index (χ3v) is 4.11. The van der Waals surface area contributed by atoms with Crippen LogP contribution in [0.2, 0.25) is 0 Å². The van der Waals surface area contributed by atoms with Crippen LogP contribution in [0.3, 0.4) is 0 Å². The number of carboxylic acids is 1. The molecule has 1 amide bonds. The number of carbonyl (C=O) groups is 2. The van der Waals surface area contributed by atoms with Gasteiger partial charge in [-0.1, -0.05) is 0 Å². The highest BCUT2D eigenvalue weighted by molar-refractivity contribution is 5.92. The number of oxazole rings is 1.